The Balaban J connectivity index is 1.50. The van der Waals surface area contributed by atoms with Crippen molar-refractivity contribution < 1.29 is 14.7 Å². The predicted octanol–water partition coefficient (Wildman–Crippen LogP) is 1.38. The summed E-state index contributed by atoms with van der Waals surface area (Å²) in [4.78, 5) is 25.6. The number of hydrogen-bond acceptors (Lipinski definition) is 4. The molecule has 1 aromatic rings. The summed E-state index contributed by atoms with van der Waals surface area (Å²) in [6.45, 7) is 6.88. The Kier molecular flexibility index (Phi) is 5.39. The number of amides is 1. The van der Waals surface area contributed by atoms with Crippen molar-refractivity contribution in [2.75, 3.05) is 32.7 Å². The van der Waals surface area contributed by atoms with Gasteiger partial charge in [0.1, 0.15) is 0 Å². The van der Waals surface area contributed by atoms with E-state index >= 15 is 0 Å². The topological polar surface area (TPSA) is 81.7 Å². The quantitative estimate of drug-likeness (QED) is 0.751. The second-order valence-corrected chi connectivity index (χ2v) is 7.43. The molecule has 3 N–H and O–H groups in total. The highest BCUT2D eigenvalue weighted by Gasteiger charge is 2.39. The molecule has 1 spiro atoms. The molecule has 136 valence electrons. The molecule has 3 rings (SSSR count). The van der Waals surface area contributed by atoms with Gasteiger partial charge < -0.3 is 15.7 Å². The molecule has 0 saturated carbocycles. The SMILES string of the molecule is Cc1ccc(C(=O)O)cc1CNC(=O)CN1CCC2(CCNCC2)C1. The molecule has 0 bridgehead atoms. The van der Waals surface area contributed by atoms with Crippen molar-refractivity contribution in [1.82, 2.24) is 15.5 Å². The van der Waals surface area contributed by atoms with Gasteiger partial charge in [-0.1, -0.05) is 6.07 Å². The first kappa shape index (κ1) is 17.9. The number of nitrogens with one attached hydrogen (secondary N) is 2. The Hall–Kier alpha value is -1.92. The van der Waals surface area contributed by atoms with Gasteiger partial charge in [0.15, 0.2) is 0 Å². The zero-order chi connectivity index (χ0) is 17.9. The van der Waals surface area contributed by atoms with Gasteiger partial charge in [0.25, 0.3) is 0 Å². The summed E-state index contributed by atoms with van der Waals surface area (Å²) in [6.07, 6.45) is 3.58. The van der Waals surface area contributed by atoms with Gasteiger partial charge >= 0.3 is 5.97 Å². The van der Waals surface area contributed by atoms with E-state index in [1.54, 1.807) is 18.2 Å². The van der Waals surface area contributed by atoms with Gasteiger partial charge in [0.2, 0.25) is 5.91 Å². The first-order valence-electron chi connectivity index (χ1n) is 9.00. The van der Waals surface area contributed by atoms with Gasteiger partial charge in [-0.2, -0.15) is 0 Å². The van der Waals surface area contributed by atoms with E-state index in [1.807, 2.05) is 6.92 Å². The van der Waals surface area contributed by atoms with Crippen LogP contribution in [0.15, 0.2) is 18.2 Å². The average Bonchev–Trinajstić information content (AvgIpc) is 2.96. The summed E-state index contributed by atoms with van der Waals surface area (Å²) in [7, 11) is 0. The lowest BCUT2D eigenvalue weighted by Gasteiger charge is -2.33. The minimum absolute atomic E-state index is 0.00566. The third-order valence-corrected chi connectivity index (χ3v) is 5.62. The van der Waals surface area contributed by atoms with Crippen molar-refractivity contribution in [3.8, 4) is 0 Å². The van der Waals surface area contributed by atoms with Gasteiger partial charge in [0, 0.05) is 13.1 Å². The maximum atomic E-state index is 12.3. The van der Waals surface area contributed by atoms with Crippen molar-refractivity contribution in [1.29, 1.82) is 0 Å². The van der Waals surface area contributed by atoms with Crippen molar-refractivity contribution in [3.05, 3.63) is 34.9 Å². The van der Waals surface area contributed by atoms with E-state index in [2.05, 4.69) is 15.5 Å². The van der Waals surface area contributed by atoms with Crippen molar-refractivity contribution in [2.24, 2.45) is 5.41 Å². The number of rotatable bonds is 5. The van der Waals surface area contributed by atoms with Crippen LogP contribution in [0.3, 0.4) is 0 Å². The number of carboxylic acids is 1. The number of nitrogens with zero attached hydrogens (tertiary/aromatic N) is 1. The second kappa shape index (κ2) is 7.54. The Morgan fingerprint density at radius 2 is 2.04 bits per heavy atom. The molecule has 1 aromatic carbocycles. The molecule has 2 saturated heterocycles. The maximum Gasteiger partial charge on any atom is 0.335 e. The molecule has 0 aliphatic carbocycles. The first-order chi connectivity index (χ1) is 12.0. The third kappa shape index (κ3) is 4.38. The Labute approximate surface area is 148 Å². The molecule has 6 nitrogen and oxygen atoms in total. The first-order valence-corrected chi connectivity index (χ1v) is 9.00. The van der Waals surface area contributed by atoms with Gasteiger partial charge in [0.05, 0.1) is 12.1 Å². The molecule has 1 amide bonds. The smallest absolute Gasteiger partial charge is 0.335 e. The van der Waals surface area contributed by atoms with E-state index in [1.165, 1.54) is 19.3 Å². The van der Waals surface area contributed by atoms with E-state index < -0.39 is 5.97 Å². The van der Waals surface area contributed by atoms with Gasteiger partial charge in [-0.15, -0.1) is 0 Å². The summed E-state index contributed by atoms with van der Waals surface area (Å²) in [5.74, 6) is -0.942. The van der Waals surface area contributed by atoms with E-state index in [9.17, 15) is 9.59 Å². The standard InChI is InChI=1S/C19H27N3O3/c1-14-2-3-15(18(24)25)10-16(14)11-21-17(23)12-22-9-6-19(13-22)4-7-20-8-5-19/h2-3,10,20H,4-9,11-13H2,1H3,(H,21,23)(H,24,25). The molecular formula is C19H27N3O3. The molecule has 2 aliphatic heterocycles. The average molecular weight is 345 g/mol. The summed E-state index contributed by atoms with van der Waals surface area (Å²) in [5, 5.41) is 15.4. The van der Waals surface area contributed by atoms with Crippen molar-refractivity contribution in [3.63, 3.8) is 0 Å². The van der Waals surface area contributed by atoms with Crippen LogP contribution in [0.25, 0.3) is 0 Å². The highest BCUT2D eigenvalue weighted by Crippen LogP contribution is 2.38. The lowest BCUT2D eigenvalue weighted by atomic mass is 9.78. The van der Waals surface area contributed by atoms with Crippen LogP contribution >= 0.6 is 0 Å². The lowest BCUT2D eigenvalue weighted by molar-refractivity contribution is -0.122. The third-order valence-electron chi connectivity index (χ3n) is 5.62. The molecule has 0 radical (unpaired) electrons. The molecule has 2 heterocycles. The van der Waals surface area contributed by atoms with Crippen molar-refractivity contribution >= 4 is 11.9 Å². The van der Waals surface area contributed by atoms with E-state index in [0.29, 0.717) is 18.5 Å². The number of piperidine rings is 1. The summed E-state index contributed by atoms with van der Waals surface area (Å²) < 4.78 is 0. The van der Waals surface area contributed by atoms with Crippen LogP contribution < -0.4 is 10.6 Å². The highest BCUT2D eigenvalue weighted by atomic mass is 16.4. The maximum absolute atomic E-state index is 12.3. The molecule has 6 heteroatoms. The van der Waals surface area contributed by atoms with Gasteiger partial charge in [-0.3, -0.25) is 9.69 Å². The molecule has 0 aromatic heterocycles. The zero-order valence-electron chi connectivity index (χ0n) is 14.8. The Morgan fingerprint density at radius 3 is 2.76 bits per heavy atom. The monoisotopic (exact) mass is 345 g/mol. The fourth-order valence-electron chi connectivity index (χ4n) is 3.98. The molecule has 2 aliphatic rings. The minimum Gasteiger partial charge on any atom is -0.478 e. The second-order valence-electron chi connectivity index (χ2n) is 7.43. The number of benzene rings is 1. The van der Waals surface area contributed by atoms with Crippen molar-refractivity contribution in [2.45, 2.75) is 32.7 Å². The van der Waals surface area contributed by atoms with Crippen LogP contribution in [0.2, 0.25) is 0 Å². The van der Waals surface area contributed by atoms with Crippen LogP contribution in [0, 0.1) is 12.3 Å². The number of aryl methyl sites for hydroxylation is 1. The molecule has 2 fully saturated rings. The molecular weight excluding hydrogens is 318 g/mol. The number of likely N-dealkylation sites (tertiary alicyclic amines) is 1. The predicted molar refractivity (Wildman–Crippen MR) is 95.6 cm³/mol. The van der Waals surface area contributed by atoms with E-state index in [0.717, 1.165) is 37.3 Å². The molecule has 25 heavy (non-hydrogen) atoms. The Morgan fingerprint density at radius 1 is 1.28 bits per heavy atom. The fourth-order valence-corrected chi connectivity index (χ4v) is 3.98. The van der Waals surface area contributed by atoms with E-state index in [4.69, 9.17) is 5.11 Å². The lowest BCUT2D eigenvalue weighted by Crippen LogP contribution is -2.41. The van der Waals surface area contributed by atoms with Crippen LogP contribution in [0.4, 0.5) is 0 Å². The van der Waals surface area contributed by atoms with E-state index in [-0.39, 0.29) is 11.5 Å². The van der Waals surface area contributed by atoms with Crippen LogP contribution in [0.1, 0.15) is 40.7 Å². The highest BCUT2D eigenvalue weighted by molar-refractivity contribution is 5.88. The zero-order valence-corrected chi connectivity index (χ0v) is 14.8. The number of aromatic carboxylic acids is 1. The summed E-state index contributed by atoms with van der Waals surface area (Å²) >= 11 is 0. The molecule has 0 unspecified atom stereocenters. The largest absolute Gasteiger partial charge is 0.478 e. The number of hydrogen-bond donors (Lipinski definition) is 3. The normalized spacial score (nSPS) is 19.9. The Bertz CT molecular complexity index is 653. The summed E-state index contributed by atoms with van der Waals surface area (Å²) in [6, 6.07) is 5.01. The van der Waals surface area contributed by atoms with Gasteiger partial charge in [-0.05, 0) is 74.5 Å². The van der Waals surface area contributed by atoms with Crippen LogP contribution in [-0.4, -0.2) is 54.6 Å². The number of carbonyl (C=O) groups is 2. The van der Waals surface area contributed by atoms with Crippen LogP contribution in [0.5, 0.6) is 0 Å². The number of carbonyl (C=O) groups excluding carboxylic acids is 1. The minimum atomic E-state index is -0.947. The fraction of sp³-hybridized carbons (Fsp3) is 0.579. The van der Waals surface area contributed by atoms with Gasteiger partial charge in [-0.25, -0.2) is 4.79 Å². The van der Waals surface area contributed by atoms with Crippen LogP contribution in [-0.2, 0) is 11.3 Å². The number of carboxylic acid groups (broad SMARTS) is 1. The molecule has 0 atom stereocenters. The summed E-state index contributed by atoms with van der Waals surface area (Å²) in [5.41, 5.74) is 2.49.